The van der Waals surface area contributed by atoms with Gasteiger partial charge in [0, 0.05) is 21.1 Å². The fourth-order valence-electron chi connectivity index (χ4n) is 2.01. The van der Waals surface area contributed by atoms with Crippen LogP contribution in [0.25, 0.3) is 10.9 Å². The van der Waals surface area contributed by atoms with Gasteiger partial charge in [-0.25, -0.2) is 0 Å². The molecule has 0 atom stereocenters. The molecule has 1 heterocycles. The van der Waals surface area contributed by atoms with Crippen LogP contribution in [0.2, 0.25) is 10.0 Å². The zero-order chi connectivity index (χ0) is 16.4. The van der Waals surface area contributed by atoms with E-state index in [9.17, 15) is 5.11 Å². The number of aromatic hydroxyl groups is 1. The lowest BCUT2D eigenvalue weighted by molar-refractivity contribution is 0.459. The molecular weight excluding hydrogens is 355 g/mol. The molecule has 0 fully saturated rings. The highest BCUT2D eigenvalue weighted by molar-refractivity contribution is 7.80. The zero-order valence-electron chi connectivity index (χ0n) is 11.5. The maximum Gasteiger partial charge on any atom is 0.218 e. The van der Waals surface area contributed by atoms with E-state index in [1.165, 1.54) is 0 Å². The summed E-state index contributed by atoms with van der Waals surface area (Å²) in [6, 6.07) is 12.2. The average molecular weight is 365 g/mol. The third-order valence-electron chi connectivity index (χ3n) is 3.05. The first-order valence-electron chi connectivity index (χ1n) is 6.51. The lowest BCUT2D eigenvalue weighted by Gasteiger charge is -2.02. The first-order valence-corrected chi connectivity index (χ1v) is 7.68. The van der Waals surface area contributed by atoms with Gasteiger partial charge in [-0.2, -0.15) is 0 Å². The van der Waals surface area contributed by atoms with Gasteiger partial charge in [0.15, 0.2) is 5.69 Å². The molecule has 0 bridgehead atoms. The van der Waals surface area contributed by atoms with Crippen LogP contribution >= 0.6 is 35.4 Å². The number of thiocarbonyl (C=S) groups is 1. The van der Waals surface area contributed by atoms with Gasteiger partial charge in [0.25, 0.3) is 0 Å². The number of aromatic nitrogens is 1. The predicted octanol–water partition coefficient (Wildman–Crippen LogP) is 5.66. The quantitative estimate of drug-likeness (QED) is 0.405. The molecule has 1 aromatic heterocycles. The van der Waals surface area contributed by atoms with Crippen LogP contribution in [-0.2, 0) is 0 Å². The Morgan fingerprint density at radius 2 is 1.78 bits per heavy atom. The Morgan fingerprint density at radius 1 is 1.09 bits per heavy atom. The Labute approximate surface area is 147 Å². The summed E-state index contributed by atoms with van der Waals surface area (Å²) in [6.45, 7) is 0. The van der Waals surface area contributed by atoms with Crippen LogP contribution in [0.1, 0.15) is 0 Å². The third kappa shape index (κ3) is 3.61. The van der Waals surface area contributed by atoms with Gasteiger partial charge in [0.05, 0.1) is 5.52 Å². The Morgan fingerprint density at radius 3 is 2.52 bits per heavy atom. The minimum atomic E-state index is -0.0969. The number of hydrogen-bond acceptors (Lipinski definition) is 3. The molecule has 0 amide bonds. The number of benzene rings is 2. The largest absolute Gasteiger partial charge is 0.493 e. The highest BCUT2D eigenvalue weighted by Crippen LogP contribution is 2.36. The lowest BCUT2D eigenvalue weighted by atomic mass is 10.2. The van der Waals surface area contributed by atoms with Gasteiger partial charge in [-0.05, 0) is 54.7 Å². The van der Waals surface area contributed by atoms with Crippen LogP contribution in [0.4, 0.5) is 11.4 Å². The van der Waals surface area contributed by atoms with Gasteiger partial charge in [-0.1, -0.05) is 23.2 Å². The van der Waals surface area contributed by atoms with E-state index in [2.05, 4.69) is 20.5 Å². The number of rotatable bonds is 2. The van der Waals surface area contributed by atoms with Crippen molar-refractivity contribution in [2.24, 2.45) is 10.2 Å². The van der Waals surface area contributed by atoms with E-state index >= 15 is 0 Å². The number of nitrogens with one attached hydrogen (secondary N) is 2. The molecule has 3 aromatic rings. The second-order valence-corrected chi connectivity index (χ2v) is 5.91. The van der Waals surface area contributed by atoms with Crippen LogP contribution < -0.4 is 5.32 Å². The Bertz CT molecular complexity index is 906. The first-order chi connectivity index (χ1) is 11.0. The molecule has 0 radical (unpaired) electrons. The van der Waals surface area contributed by atoms with Gasteiger partial charge in [-0.3, -0.25) is 0 Å². The number of azo groups is 1. The Hall–Kier alpha value is -2.15. The summed E-state index contributed by atoms with van der Waals surface area (Å²) in [6.07, 6.45) is 0. The van der Waals surface area contributed by atoms with Gasteiger partial charge in [0.1, 0.15) is 0 Å². The molecule has 0 aliphatic rings. The van der Waals surface area contributed by atoms with E-state index in [1.807, 2.05) is 0 Å². The summed E-state index contributed by atoms with van der Waals surface area (Å²) >= 11 is 16.9. The lowest BCUT2D eigenvalue weighted by Crippen LogP contribution is -2.04. The number of hydrogen-bond donors (Lipinski definition) is 3. The summed E-state index contributed by atoms with van der Waals surface area (Å²) in [7, 11) is 0. The third-order valence-corrected chi connectivity index (χ3v) is 3.72. The molecule has 5 nitrogen and oxygen atoms in total. The molecule has 23 heavy (non-hydrogen) atoms. The molecule has 0 spiro atoms. The van der Waals surface area contributed by atoms with Crippen LogP contribution in [-0.4, -0.2) is 15.2 Å². The summed E-state index contributed by atoms with van der Waals surface area (Å²) in [4.78, 5) is 2.80. The zero-order valence-corrected chi connectivity index (χ0v) is 13.9. The topological polar surface area (TPSA) is 72.8 Å². The van der Waals surface area contributed by atoms with E-state index in [4.69, 9.17) is 35.4 Å². The summed E-state index contributed by atoms with van der Waals surface area (Å²) in [5.74, 6) is -0.0969. The molecule has 2 aromatic carbocycles. The fourth-order valence-corrected chi connectivity index (χ4v) is 2.47. The summed E-state index contributed by atoms with van der Waals surface area (Å²) in [5.41, 5.74) is 1.73. The van der Waals surface area contributed by atoms with Crippen molar-refractivity contribution in [3.8, 4) is 5.88 Å². The summed E-state index contributed by atoms with van der Waals surface area (Å²) in [5, 5.41) is 22.7. The van der Waals surface area contributed by atoms with E-state index in [1.54, 1.807) is 42.5 Å². The van der Waals surface area contributed by atoms with Gasteiger partial charge in [-0.15, -0.1) is 10.2 Å². The van der Waals surface area contributed by atoms with Gasteiger partial charge < -0.3 is 15.4 Å². The fraction of sp³-hybridized carbons (Fsp3) is 0. The Kier molecular flexibility index (Phi) is 4.47. The Balaban J connectivity index is 1.82. The standard InChI is InChI=1S/C15H10Cl2N4OS/c16-8-1-4-10(5-2-8)18-15(23)21-20-13-11-7-9(17)3-6-12(11)19-14(13)22/h1-7,19,22H,(H,18,23). The highest BCUT2D eigenvalue weighted by atomic mass is 35.5. The van der Waals surface area contributed by atoms with Crippen LogP contribution in [0, 0.1) is 0 Å². The maximum absolute atomic E-state index is 9.93. The smallest absolute Gasteiger partial charge is 0.218 e. The monoisotopic (exact) mass is 364 g/mol. The van der Waals surface area contributed by atoms with Crippen LogP contribution in [0.15, 0.2) is 52.7 Å². The normalized spacial score (nSPS) is 11.2. The van der Waals surface area contributed by atoms with Crippen molar-refractivity contribution in [1.29, 1.82) is 0 Å². The average Bonchev–Trinajstić information content (AvgIpc) is 2.82. The number of nitrogens with zero attached hydrogens (tertiary/aromatic N) is 2. The molecule has 0 aliphatic heterocycles. The summed E-state index contributed by atoms with van der Waals surface area (Å²) < 4.78 is 0. The number of halogens is 2. The van der Waals surface area contributed by atoms with Crippen molar-refractivity contribution in [2.75, 3.05) is 5.32 Å². The first kappa shape index (κ1) is 15.7. The second-order valence-electron chi connectivity index (χ2n) is 4.65. The van der Waals surface area contributed by atoms with E-state index in [0.29, 0.717) is 20.9 Å². The molecule has 8 heteroatoms. The van der Waals surface area contributed by atoms with Crippen molar-refractivity contribution < 1.29 is 5.11 Å². The molecule has 3 rings (SSSR count). The maximum atomic E-state index is 9.93. The molecular formula is C15H10Cl2N4OS. The van der Waals surface area contributed by atoms with Crippen molar-refractivity contribution in [2.45, 2.75) is 0 Å². The minimum Gasteiger partial charge on any atom is -0.493 e. The SMILES string of the molecule is Oc1[nH]c2ccc(Cl)cc2c1N=NC(=S)Nc1ccc(Cl)cc1. The molecule has 0 saturated carbocycles. The van der Waals surface area contributed by atoms with E-state index in [0.717, 1.165) is 5.69 Å². The molecule has 0 unspecified atom stereocenters. The van der Waals surface area contributed by atoms with Crippen molar-refractivity contribution in [1.82, 2.24) is 4.98 Å². The van der Waals surface area contributed by atoms with E-state index < -0.39 is 0 Å². The molecule has 0 saturated heterocycles. The van der Waals surface area contributed by atoms with Crippen LogP contribution in [0.3, 0.4) is 0 Å². The van der Waals surface area contributed by atoms with Gasteiger partial charge in [0.2, 0.25) is 11.0 Å². The van der Waals surface area contributed by atoms with Crippen molar-refractivity contribution in [3.05, 3.63) is 52.5 Å². The molecule has 116 valence electrons. The number of anilines is 1. The van der Waals surface area contributed by atoms with Crippen molar-refractivity contribution >= 4 is 62.8 Å². The number of aromatic amines is 1. The number of fused-ring (bicyclic) bond motifs is 1. The molecule has 0 aliphatic carbocycles. The number of H-pyrrole nitrogens is 1. The minimum absolute atomic E-state index is 0.0969. The van der Waals surface area contributed by atoms with Gasteiger partial charge >= 0.3 is 0 Å². The second kappa shape index (κ2) is 6.54. The van der Waals surface area contributed by atoms with Crippen LogP contribution in [0.5, 0.6) is 5.88 Å². The highest BCUT2D eigenvalue weighted by Gasteiger charge is 2.11. The van der Waals surface area contributed by atoms with E-state index in [-0.39, 0.29) is 16.7 Å². The predicted molar refractivity (Wildman–Crippen MR) is 97.2 cm³/mol. The van der Waals surface area contributed by atoms with Crippen molar-refractivity contribution in [3.63, 3.8) is 0 Å². The molecule has 3 N–H and O–H groups in total.